The van der Waals surface area contributed by atoms with Gasteiger partial charge < -0.3 is 5.73 Å². The molecule has 92 valence electrons. The molecule has 1 atom stereocenters. The van der Waals surface area contributed by atoms with E-state index >= 15 is 0 Å². The SMILES string of the molecule is Cl.N[C@H](CF)c1ccc(C(F)(F)F)cc1F. The van der Waals surface area contributed by atoms with Crippen LogP contribution in [0.3, 0.4) is 0 Å². The van der Waals surface area contributed by atoms with Gasteiger partial charge >= 0.3 is 6.18 Å². The minimum atomic E-state index is -4.61. The Kier molecular flexibility index (Phi) is 5.15. The van der Waals surface area contributed by atoms with Gasteiger partial charge in [-0.1, -0.05) is 6.07 Å². The lowest BCUT2D eigenvalue weighted by Crippen LogP contribution is -2.15. The Morgan fingerprint density at radius 1 is 1.25 bits per heavy atom. The third kappa shape index (κ3) is 3.31. The maximum atomic E-state index is 13.1. The Hall–Kier alpha value is -0.880. The third-order valence-electron chi connectivity index (χ3n) is 1.89. The highest BCUT2D eigenvalue weighted by molar-refractivity contribution is 5.85. The van der Waals surface area contributed by atoms with E-state index in [1.807, 2.05) is 0 Å². The van der Waals surface area contributed by atoms with E-state index in [0.29, 0.717) is 12.1 Å². The Labute approximate surface area is 94.8 Å². The van der Waals surface area contributed by atoms with Crippen LogP contribution < -0.4 is 5.73 Å². The second-order valence-corrected chi connectivity index (χ2v) is 2.99. The van der Waals surface area contributed by atoms with E-state index in [0.717, 1.165) is 6.07 Å². The van der Waals surface area contributed by atoms with Gasteiger partial charge in [0.1, 0.15) is 12.5 Å². The van der Waals surface area contributed by atoms with E-state index in [1.54, 1.807) is 0 Å². The zero-order chi connectivity index (χ0) is 11.6. The Balaban J connectivity index is 0.00000225. The summed E-state index contributed by atoms with van der Waals surface area (Å²) in [7, 11) is 0. The van der Waals surface area contributed by atoms with Crippen molar-refractivity contribution in [2.45, 2.75) is 12.2 Å². The maximum absolute atomic E-state index is 13.1. The summed E-state index contributed by atoms with van der Waals surface area (Å²) in [6, 6.07) is 0.605. The van der Waals surface area contributed by atoms with Gasteiger partial charge in [-0.05, 0) is 12.1 Å². The van der Waals surface area contributed by atoms with Gasteiger partial charge in [0.15, 0.2) is 0 Å². The van der Waals surface area contributed by atoms with Crippen LogP contribution in [0.25, 0.3) is 0 Å². The molecule has 1 aromatic rings. The molecule has 0 radical (unpaired) electrons. The summed E-state index contributed by atoms with van der Waals surface area (Å²) in [5.74, 6) is -1.14. The molecule has 0 amide bonds. The molecule has 0 aliphatic carbocycles. The first-order valence-electron chi connectivity index (χ1n) is 4.04. The van der Waals surface area contributed by atoms with Crippen molar-refractivity contribution in [2.75, 3.05) is 6.67 Å². The van der Waals surface area contributed by atoms with Crippen LogP contribution >= 0.6 is 12.4 Å². The largest absolute Gasteiger partial charge is 0.416 e. The molecule has 0 aromatic heterocycles. The number of rotatable bonds is 2. The summed E-state index contributed by atoms with van der Waals surface area (Å²) in [6.45, 7) is -1.03. The Morgan fingerprint density at radius 3 is 2.19 bits per heavy atom. The van der Waals surface area contributed by atoms with Crippen LogP contribution in [0.15, 0.2) is 18.2 Å². The summed E-state index contributed by atoms with van der Waals surface area (Å²) in [6.07, 6.45) is -4.61. The van der Waals surface area contributed by atoms with Crippen LogP contribution in [0, 0.1) is 5.82 Å². The molecule has 0 bridgehead atoms. The van der Waals surface area contributed by atoms with Crippen molar-refractivity contribution in [2.24, 2.45) is 5.73 Å². The number of benzene rings is 1. The number of hydrogen-bond donors (Lipinski definition) is 1. The fourth-order valence-electron chi connectivity index (χ4n) is 1.09. The van der Waals surface area contributed by atoms with Crippen LogP contribution in [0.4, 0.5) is 22.0 Å². The standard InChI is InChI=1S/C9H8F5N.ClH/c10-4-8(15)6-2-1-5(3-7(6)11)9(12,13)14;/h1-3,8H,4,15H2;1H/t8-;/m1./s1. The van der Waals surface area contributed by atoms with Gasteiger partial charge in [0.2, 0.25) is 0 Å². The molecule has 0 fully saturated rings. The van der Waals surface area contributed by atoms with Gasteiger partial charge in [0.25, 0.3) is 0 Å². The normalized spacial score (nSPS) is 13.1. The zero-order valence-corrected chi connectivity index (χ0v) is 8.71. The molecule has 0 saturated carbocycles. The van der Waals surface area contributed by atoms with Crippen molar-refractivity contribution >= 4 is 12.4 Å². The molecular formula is C9H9ClF5N. The van der Waals surface area contributed by atoms with E-state index < -0.39 is 30.3 Å². The van der Waals surface area contributed by atoms with Crippen molar-refractivity contribution in [3.8, 4) is 0 Å². The van der Waals surface area contributed by atoms with E-state index in [4.69, 9.17) is 5.73 Å². The topological polar surface area (TPSA) is 26.0 Å². The van der Waals surface area contributed by atoms with Crippen LogP contribution in [-0.4, -0.2) is 6.67 Å². The smallest absolute Gasteiger partial charge is 0.322 e. The first kappa shape index (κ1) is 15.1. The second kappa shape index (κ2) is 5.45. The first-order chi connectivity index (χ1) is 6.86. The molecule has 7 heteroatoms. The van der Waals surface area contributed by atoms with E-state index in [1.165, 1.54) is 0 Å². The van der Waals surface area contributed by atoms with E-state index in [2.05, 4.69) is 0 Å². The number of halogens is 6. The van der Waals surface area contributed by atoms with Gasteiger partial charge in [0.05, 0.1) is 11.6 Å². The molecule has 0 aliphatic rings. The van der Waals surface area contributed by atoms with Crippen molar-refractivity contribution < 1.29 is 22.0 Å². The predicted molar refractivity (Wildman–Crippen MR) is 51.6 cm³/mol. The molecule has 16 heavy (non-hydrogen) atoms. The van der Waals surface area contributed by atoms with Crippen LogP contribution in [-0.2, 0) is 6.18 Å². The molecule has 1 nitrogen and oxygen atoms in total. The second-order valence-electron chi connectivity index (χ2n) is 2.99. The monoisotopic (exact) mass is 261 g/mol. The third-order valence-corrected chi connectivity index (χ3v) is 1.89. The summed E-state index contributed by atoms with van der Waals surface area (Å²) in [5, 5.41) is 0. The molecular weight excluding hydrogens is 253 g/mol. The molecule has 0 aliphatic heterocycles. The molecule has 0 spiro atoms. The predicted octanol–water partition coefficient (Wildman–Crippen LogP) is 3.24. The molecule has 0 saturated heterocycles. The molecule has 1 aromatic carbocycles. The highest BCUT2D eigenvalue weighted by Crippen LogP contribution is 2.31. The number of nitrogens with two attached hydrogens (primary N) is 1. The maximum Gasteiger partial charge on any atom is 0.416 e. The fourth-order valence-corrected chi connectivity index (χ4v) is 1.09. The minimum Gasteiger partial charge on any atom is -0.322 e. The average Bonchev–Trinajstić information content (AvgIpc) is 2.15. The highest BCUT2D eigenvalue weighted by Gasteiger charge is 2.31. The summed E-state index contributed by atoms with van der Waals surface area (Å²) in [4.78, 5) is 0. The zero-order valence-electron chi connectivity index (χ0n) is 7.89. The van der Waals surface area contributed by atoms with Gasteiger partial charge in [-0.15, -0.1) is 12.4 Å². The Bertz CT molecular complexity index is 352. The molecule has 2 N–H and O–H groups in total. The van der Waals surface area contributed by atoms with Gasteiger partial charge in [-0.25, -0.2) is 8.78 Å². The lowest BCUT2D eigenvalue weighted by molar-refractivity contribution is -0.137. The number of alkyl halides is 4. The lowest BCUT2D eigenvalue weighted by atomic mass is 10.1. The van der Waals surface area contributed by atoms with Crippen LogP contribution in [0.1, 0.15) is 17.2 Å². The van der Waals surface area contributed by atoms with Crippen LogP contribution in [0.2, 0.25) is 0 Å². The Morgan fingerprint density at radius 2 is 1.81 bits per heavy atom. The van der Waals surface area contributed by atoms with Crippen molar-refractivity contribution in [3.63, 3.8) is 0 Å². The number of hydrogen-bond acceptors (Lipinski definition) is 1. The van der Waals surface area contributed by atoms with Gasteiger partial charge in [0, 0.05) is 5.56 Å². The van der Waals surface area contributed by atoms with Gasteiger partial charge in [-0.2, -0.15) is 13.2 Å². The molecule has 0 heterocycles. The van der Waals surface area contributed by atoms with Crippen molar-refractivity contribution in [1.29, 1.82) is 0 Å². The van der Waals surface area contributed by atoms with E-state index in [9.17, 15) is 22.0 Å². The van der Waals surface area contributed by atoms with Gasteiger partial charge in [-0.3, -0.25) is 0 Å². The summed E-state index contributed by atoms with van der Waals surface area (Å²) >= 11 is 0. The highest BCUT2D eigenvalue weighted by atomic mass is 35.5. The van der Waals surface area contributed by atoms with Crippen molar-refractivity contribution in [1.82, 2.24) is 0 Å². The van der Waals surface area contributed by atoms with E-state index in [-0.39, 0.29) is 18.0 Å². The summed E-state index contributed by atoms with van der Waals surface area (Å²) in [5.41, 5.74) is 3.78. The lowest BCUT2D eigenvalue weighted by Gasteiger charge is -2.11. The average molecular weight is 262 g/mol. The van der Waals surface area contributed by atoms with Crippen LogP contribution in [0.5, 0.6) is 0 Å². The quantitative estimate of drug-likeness (QED) is 0.813. The first-order valence-corrected chi connectivity index (χ1v) is 4.04. The molecule has 0 unspecified atom stereocenters. The minimum absolute atomic E-state index is 0. The summed E-state index contributed by atoms with van der Waals surface area (Å²) < 4.78 is 61.5. The fraction of sp³-hybridized carbons (Fsp3) is 0.333. The van der Waals surface area contributed by atoms with Crippen molar-refractivity contribution in [3.05, 3.63) is 35.1 Å². The molecule has 1 rings (SSSR count).